The van der Waals surface area contributed by atoms with Crippen molar-refractivity contribution >= 4 is 29.1 Å². The summed E-state index contributed by atoms with van der Waals surface area (Å²) >= 11 is 7.83. The molecule has 3 rings (SSSR count). The van der Waals surface area contributed by atoms with Gasteiger partial charge in [0.2, 0.25) is 0 Å². The molecule has 0 bridgehead atoms. The average molecular weight is 316 g/mol. The standard InChI is InChI=1S/C16H14ClN3S/c17-14-3-1-4-15(18)16(14)21-11-12-5-7-13(8-6-12)20-10-2-9-19-20/h1-10H,11,18H2. The lowest BCUT2D eigenvalue weighted by Crippen LogP contribution is -1.94. The van der Waals surface area contributed by atoms with Crippen LogP contribution in [0.25, 0.3) is 5.69 Å². The summed E-state index contributed by atoms with van der Waals surface area (Å²) in [6, 6.07) is 15.8. The minimum Gasteiger partial charge on any atom is -0.398 e. The van der Waals surface area contributed by atoms with E-state index in [9.17, 15) is 0 Å². The van der Waals surface area contributed by atoms with Gasteiger partial charge in [0.05, 0.1) is 10.7 Å². The molecule has 0 spiro atoms. The smallest absolute Gasteiger partial charge is 0.0645 e. The molecule has 1 heterocycles. The summed E-state index contributed by atoms with van der Waals surface area (Å²) in [5, 5.41) is 4.91. The Hall–Kier alpha value is -1.91. The molecule has 3 nitrogen and oxygen atoms in total. The Balaban J connectivity index is 1.71. The van der Waals surface area contributed by atoms with Crippen LogP contribution in [0.2, 0.25) is 5.02 Å². The van der Waals surface area contributed by atoms with Gasteiger partial charge in [0.15, 0.2) is 0 Å². The van der Waals surface area contributed by atoms with E-state index in [4.69, 9.17) is 17.3 Å². The second kappa shape index (κ2) is 6.24. The van der Waals surface area contributed by atoms with Crippen molar-refractivity contribution in [2.45, 2.75) is 10.6 Å². The van der Waals surface area contributed by atoms with Crippen LogP contribution in [-0.2, 0) is 5.75 Å². The first-order chi connectivity index (χ1) is 10.2. The molecule has 2 N–H and O–H groups in total. The molecule has 0 fully saturated rings. The zero-order chi connectivity index (χ0) is 14.7. The summed E-state index contributed by atoms with van der Waals surface area (Å²) in [7, 11) is 0. The highest BCUT2D eigenvalue weighted by atomic mass is 35.5. The fourth-order valence-electron chi connectivity index (χ4n) is 2.00. The molecule has 5 heteroatoms. The van der Waals surface area contributed by atoms with E-state index < -0.39 is 0 Å². The first-order valence-corrected chi connectivity index (χ1v) is 7.86. The van der Waals surface area contributed by atoms with E-state index in [2.05, 4.69) is 29.4 Å². The third kappa shape index (κ3) is 3.23. The van der Waals surface area contributed by atoms with E-state index in [-0.39, 0.29) is 0 Å². The molecular weight excluding hydrogens is 302 g/mol. The Morgan fingerprint density at radius 1 is 1.10 bits per heavy atom. The topological polar surface area (TPSA) is 43.8 Å². The molecule has 2 aromatic carbocycles. The van der Waals surface area contributed by atoms with E-state index >= 15 is 0 Å². The molecule has 0 saturated carbocycles. The number of halogens is 1. The van der Waals surface area contributed by atoms with Gasteiger partial charge in [-0.15, -0.1) is 11.8 Å². The van der Waals surface area contributed by atoms with Crippen LogP contribution in [0.1, 0.15) is 5.56 Å². The van der Waals surface area contributed by atoms with Crippen LogP contribution >= 0.6 is 23.4 Å². The molecule has 0 saturated heterocycles. The first kappa shape index (κ1) is 14.0. The molecular formula is C16H14ClN3S. The molecule has 0 atom stereocenters. The lowest BCUT2D eigenvalue weighted by molar-refractivity contribution is 0.880. The fraction of sp³-hybridized carbons (Fsp3) is 0.0625. The molecule has 3 aromatic rings. The first-order valence-electron chi connectivity index (χ1n) is 6.50. The van der Waals surface area contributed by atoms with Gasteiger partial charge in [-0.05, 0) is 35.9 Å². The number of benzene rings is 2. The number of hydrogen-bond donors (Lipinski definition) is 1. The summed E-state index contributed by atoms with van der Waals surface area (Å²) in [6.07, 6.45) is 3.69. The second-order valence-corrected chi connectivity index (χ2v) is 5.96. The quantitative estimate of drug-likeness (QED) is 0.573. The monoisotopic (exact) mass is 315 g/mol. The fourth-order valence-corrected chi connectivity index (χ4v) is 3.29. The van der Waals surface area contributed by atoms with Crippen molar-refractivity contribution in [2.24, 2.45) is 0 Å². The molecule has 0 unspecified atom stereocenters. The Labute approximate surface area is 132 Å². The molecule has 21 heavy (non-hydrogen) atoms. The highest BCUT2D eigenvalue weighted by Gasteiger charge is 2.05. The van der Waals surface area contributed by atoms with Gasteiger partial charge in [0, 0.05) is 28.7 Å². The van der Waals surface area contributed by atoms with Gasteiger partial charge in [-0.2, -0.15) is 5.10 Å². The normalized spacial score (nSPS) is 10.7. The zero-order valence-electron chi connectivity index (χ0n) is 11.2. The van der Waals surface area contributed by atoms with Crippen LogP contribution in [0, 0.1) is 0 Å². The van der Waals surface area contributed by atoms with Crippen molar-refractivity contribution < 1.29 is 0 Å². The highest BCUT2D eigenvalue weighted by Crippen LogP contribution is 2.34. The Morgan fingerprint density at radius 2 is 1.90 bits per heavy atom. The van der Waals surface area contributed by atoms with Crippen LogP contribution in [0.4, 0.5) is 5.69 Å². The average Bonchev–Trinajstić information content (AvgIpc) is 3.02. The molecule has 0 radical (unpaired) electrons. The van der Waals surface area contributed by atoms with Crippen molar-refractivity contribution in [2.75, 3.05) is 5.73 Å². The van der Waals surface area contributed by atoms with E-state index in [1.807, 2.05) is 35.1 Å². The third-order valence-corrected chi connectivity index (χ3v) is 4.73. The van der Waals surface area contributed by atoms with Crippen molar-refractivity contribution in [1.82, 2.24) is 9.78 Å². The van der Waals surface area contributed by atoms with Crippen LogP contribution in [0.5, 0.6) is 0 Å². The van der Waals surface area contributed by atoms with Gasteiger partial charge < -0.3 is 5.73 Å². The maximum absolute atomic E-state index is 6.18. The maximum atomic E-state index is 6.18. The zero-order valence-corrected chi connectivity index (χ0v) is 12.8. The van der Waals surface area contributed by atoms with Crippen LogP contribution in [-0.4, -0.2) is 9.78 Å². The van der Waals surface area contributed by atoms with Crippen molar-refractivity contribution in [1.29, 1.82) is 0 Å². The molecule has 0 aliphatic rings. The number of rotatable bonds is 4. The van der Waals surface area contributed by atoms with Gasteiger partial charge in [-0.1, -0.05) is 29.8 Å². The van der Waals surface area contributed by atoms with Gasteiger partial charge in [0.25, 0.3) is 0 Å². The van der Waals surface area contributed by atoms with E-state index in [0.29, 0.717) is 5.02 Å². The van der Waals surface area contributed by atoms with Gasteiger partial charge in [-0.25, -0.2) is 4.68 Å². The number of nitrogen functional groups attached to an aromatic ring is 1. The molecule has 0 aliphatic carbocycles. The van der Waals surface area contributed by atoms with Crippen molar-refractivity contribution in [3.05, 3.63) is 71.5 Å². The van der Waals surface area contributed by atoms with Gasteiger partial charge >= 0.3 is 0 Å². The summed E-state index contributed by atoms with van der Waals surface area (Å²) in [6.45, 7) is 0. The number of nitrogens with zero attached hydrogens (tertiary/aromatic N) is 2. The number of hydrogen-bond acceptors (Lipinski definition) is 3. The van der Waals surface area contributed by atoms with Gasteiger partial charge in [0.1, 0.15) is 0 Å². The Kier molecular flexibility index (Phi) is 4.18. The van der Waals surface area contributed by atoms with Crippen molar-refractivity contribution in [3.8, 4) is 5.69 Å². The Morgan fingerprint density at radius 3 is 2.57 bits per heavy atom. The van der Waals surface area contributed by atoms with Crippen LogP contribution < -0.4 is 5.73 Å². The predicted octanol–water partition coefficient (Wildman–Crippen LogP) is 4.40. The SMILES string of the molecule is Nc1cccc(Cl)c1SCc1ccc(-n2cccn2)cc1. The van der Waals surface area contributed by atoms with E-state index in [0.717, 1.165) is 22.0 Å². The minimum absolute atomic E-state index is 0.702. The molecule has 106 valence electrons. The molecule has 1 aromatic heterocycles. The lowest BCUT2D eigenvalue weighted by Gasteiger charge is -2.08. The summed E-state index contributed by atoms with van der Waals surface area (Å²) in [5.74, 6) is 0.827. The Bertz CT molecular complexity index is 704. The van der Waals surface area contributed by atoms with E-state index in [1.165, 1.54) is 5.56 Å². The van der Waals surface area contributed by atoms with Crippen LogP contribution in [0.3, 0.4) is 0 Å². The van der Waals surface area contributed by atoms with Crippen LogP contribution in [0.15, 0.2) is 65.8 Å². The van der Waals surface area contributed by atoms with Crippen molar-refractivity contribution in [3.63, 3.8) is 0 Å². The number of nitrogens with two attached hydrogens (primary N) is 1. The summed E-state index contributed by atoms with van der Waals surface area (Å²) in [5.41, 5.74) is 8.94. The van der Waals surface area contributed by atoms with Gasteiger partial charge in [-0.3, -0.25) is 0 Å². The highest BCUT2D eigenvalue weighted by molar-refractivity contribution is 7.98. The predicted molar refractivity (Wildman–Crippen MR) is 89.0 cm³/mol. The number of aromatic nitrogens is 2. The maximum Gasteiger partial charge on any atom is 0.0645 e. The largest absolute Gasteiger partial charge is 0.398 e. The molecule has 0 amide bonds. The lowest BCUT2D eigenvalue weighted by atomic mass is 10.2. The minimum atomic E-state index is 0.702. The number of thioether (sulfide) groups is 1. The molecule has 0 aliphatic heterocycles. The third-order valence-electron chi connectivity index (χ3n) is 3.09. The number of anilines is 1. The summed E-state index contributed by atoms with van der Waals surface area (Å²) in [4.78, 5) is 0.940. The second-order valence-electron chi connectivity index (χ2n) is 4.56. The van der Waals surface area contributed by atoms with E-state index in [1.54, 1.807) is 18.0 Å². The summed E-state index contributed by atoms with van der Waals surface area (Å²) < 4.78 is 1.84.